The molecule has 48 heteroatoms. The Balaban J connectivity index is 0.000000215. The molecule has 6 fully saturated rings. The van der Waals surface area contributed by atoms with Crippen LogP contribution >= 0.6 is 0 Å². The number of hydrogen-bond donors (Lipinski definition) is 3. The third-order valence-corrected chi connectivity index (χ3v) is 26.5. The van der Waals surface area contributed by atoms with Gasteiger partial charge in [-0.25, -0.2) is 71.9 Å². The fourth-order valence-electron chi connectivity index (χ4n) is 18.5. The number of aromatic nitrogens is 6. The summed E-state index contributed by atoms with van der Waals surface area (Å²) in [5, 5.41) is 7.94. The van der Waals surface area contributed by atoms with E-state index in [9.17, 15) is 82.7 Å². The fourth-order valence-corrected chi connectivity index (χ4v) is 18.5. The van der Waals surface area contributed by atoms with Crippen molar-refractivity contribution < 1.29 is 207 Å². The van der Waals surface area contributed by atoms with Crippen LogP contribution in [0.5, 0.6) is 34.9 Å². The molecule has 9 aliphatic rings. The molecule has 6 amide bonds. The third-order valence-electron chi connectivity index (χ3n) is 26.5. The zero-order valence-electron chi connectivity index (χ0n) is 79.0. The molecule has 3 saturated heterocycles. The van der Waals surface area contributed by atoms with Gasteiger partial charge in [-0.1, -0.05) is 127 Å². The van der Waals surface area contributed by atoms with Crippen molar-refractivity contribution in [3.05, 3.63) is 71.7 Å². The molecule has 6 aromatic rings. The van der Waals surface area contributed by atoms with E-state index in [0.717, 1.165) is 48.5 Å². The van der Waals surface area contributed by atoms with E-state index in [1.807, 2.05) is 18.9 Å². The van der Waals surface area contributed by atoms with E-state index in [2.05, 4.69) is 60.1 Å². The summed E-state index contributed by atoms with van der Waals surface area (Å²) in [5.41, 5.74) is -5.33. The second kappa shape index (κ2) is 43.8. The van der Waals surface area contributed by atoms with Crippen LogP contribution in [0.2, 0.25) is 0 Å². The Morgan fingerprint density at radius 1 is 0.433 bits per heavy atom. The zero-order chi connectivity index (χ0) is 101. The Morgan fingerprint density at radius 2 is 0.794 bits per heavy atom. The molecule has 6 bridgehead atoms. The molecule has 3 radical (unpaired) electrons. The number of aryl methyl sites for hydroxylation is 1. The van der Waals surface area contributed by atoms with Crippen molar-refractivity contribution in [1.29, 1.82) is 0 Å². The van der Waals surface area contributed by atoms with Crippen molar-refractivity contribution >= 4 is 88.0 Å². The monoisotopic (exact) mass is 2120 g/mol. The number of fused-ring (bicyclic) bond motifs is 15. The summed E-state index contributed by atoms with van der Waals surface area (Å²) < 4.78 is 257. The van der Waals surface area contributed by atoms with Crippen LogP contribution in [0, 0.1) is 51.8 Å². The molecule has 3 N–H and O–H groups in total. The first-order chi connectivity index (χ1) is 64.3. The number of halogens is 15. The molecule has 3 saturated carbocycles. The van der Waals surface area contributed by atoms with E-state index in [-0.39, 0.29) is 170 Å². The van der Waals surface area contributed by atoms with Gasteiger partial charge in [-0.2, -0.15) is 17.6 Å². The van der Waals surface area contributed by atoms with E-state index >= 15 is 26.3 Å². The van der Waals surface area contributed by atoms with Gasteiger partial charge in [0.05, 0.1) is 52.7 Å². The smallest absolute Gasteiger partial charge is 0.540 e. The number of alkyl carbamates (subject to hydrolysis) is 3. The van der Waals surface area contributed by atoms with E-state index in [1.165, 1.54) is 20.8 Å². The molecule has 3 aromatic carbocycles. The van der Waals surface area contributed by atoms with Gasteiger partial charge in [-0.15, -0.1) is 39.5 Å². The Kier molecular flexibility index (Phi) is 35.2. The first kappa shape index (κ1) is 113. The molecule has 18 atom stereocenters. The quantitative estimate of drug-likeness (QED) is 0.0724. The Bertz CT molecular complexity index is 5550. The number of rotatable bonds is 8. The SMILES string of the molecule is CC[C@@H]1[C@@H]2CN(C(=O)[C@H](C(C)(C)C)NC(=O)O[C@@H]3C[C@H]3CCC(F)(F)CCc3nc4ccc(OC(F)(F)F)cc4nc3O2)[C@@H]1[C-]=O.CC[C@@H]1[C@@H]2CN(C(=O)[C@H](C(C)(C)C)NC(=O)O[C@]3(C)C[C@H]3CCCCC(F)(F)c3nc4ccc(OC(F)(F)F)cc4nc3O2)[C@@H]1[C-]=O.C[C@@H]1[C@@H]2CN(C(=O)[C@H](C(C)(C)C)NC(=O)O[C@@H]3C[C@H]3CCCCC(F)(F)c3nc4ccc(OC(F)(F)F)cc4nc3O2)[C@@H]1[C-]=O.[V].[V].[V]. The molecule has 0 spiro atoms. The van der Waals surface area contributed by atoms with Gasteiger partial charge in [0.1, 0.15) is 77.2 Å². The van der Waals surface area contributed by atoms with Crippen LogP contribution in [-0.2, 0) is 117 Å². The maximum atomic E-state index is 15.9. The van der Waals surface area contributed by atoms with Crippen molar-refractivity contribution in [3.8, 4) is 34.9 Å². The molecule has 141 heavy (non-hydrogen) atoms. The van der Waals surface area contributed by atoms with Gasteiger partial charge in [-0.3, -0.25) is 14.4 Å². The van der Waals surface area contributed by atoms with E-state index in [1.54, 1.807) is 90.0 Å². The van der Waals surface area contributed by atoms with Gasteiger partial charge >= 0.3 is 37.4 Å². The van der Waals surface area contributed by atoms with Gasteiger partial charge < -0.3 is 87.7 Å². The predicted molar refractivity (Wildman–Crippen MR) is 458 cm³/mol. The van der Waals surface area contributed by atoms with Gasteiger partial charge in [0.15, 0.2) is 11.4 Å². The average molecular weight is 2120 g/mol. The van der Waals surface area contributed by atoms with Crippen molar-refractivity contribution in [1.82, 2.24) is 60.6 Å². The molecule has 30 nitrogen and oxygen atoms in total. The second-order valence-electron chi connectivity index (χ2n) is 40.1. The number of alkyl halides is 15. The summed E-state index contributed by atoms with van der Waals surface area (Å²) in [7, 11) is 0. The fraction of sp³-hybridized carbons (Fsp3) is 0.645. The standard InChI is InChI=1S/C32H38F5N4O6.C31H36F5N4O6.C30H34F5N4O6.3V/c1-6-19-22(16-42)41-15-23(19)45-26-24(38-20-11-10-18(13-21(20)39-26)46-32(35,36)37)31(33,34)12-8-7-9-17-14-30(17,5)47-28(44)40-25(27(41)43)29(2,3)4;1-5-18-22(15-41)40-14-24(18)44-26-20(37-19-7-6-17(13-21(19)38-26)46-31(34,35)36)9-11-30(32,33)10-8-16-12-23(16)45-28(43)39-25(27(40)42)29(2,3)4;1-15-20(14-40)39-13-22(15)43-25-23(36-18-9-8-17(12-19(18)37-25)45-30(33,34)35)29(31,32)10-6-5-7-16-11-21(16)44-27(42)38-24(26(39)41)28(2,3)4;;;/h10-11,13,17,19,22-23,25H,6-9,12,14-15H2,1-5H3,(H,40,44);6-7,13,16,18,22-25H,5,8-12,14H2,1-4H3,(H,39,43);8-9,12,15-16,20-22,24H,5-7,10-11,13H2,1-4H3,(H,38,42);;;/q3*-1;;;/t17-,19+,22-,23+,25-,30-;16-,18+,22-,23-,24+,25-;15-,16+,20+,21+,22-,24+;;;/m110.../s1. The van der Waals surface area contributed by atoms with E-state index < -0.39 is 245 Å². The van der Waals surface area contributed by atoms with Gasteiger partial charge in [0.25, 0.3) is 11.8 Å². The van der Waals surface area contributed by atoms with Crippen molar-refractivity contribution in [2.24, 2.45) is 51.8 Å². The molecule has 0 unspecified atom stereocenters. The summed E-state index contributed by atoms with van der Waals surface area (Å²) in [4.78, 5) is 146. The first-order valence-corrected chi connectivity index (χ1v) is 45.6. The van der Waals surface area contributed by atoms with Gasteiger partial charge in [-0.05, 0) is 141 Å². The average Bonchev–Trinajstić information content (AvgIpc) is 1.69. The van der Waals surface area contributed by atoms with E-state index in [0.29, 0.717) is 51.4 Å². The third kappa shape index (κ3) is 27.7. The van der Waals surface area contributed by atoms with Crippen LogP contribution in [-0.4, -0.2) is 216 Å². The zero-order valence-corrected chi connectivity index (χ0v) is 83.2. The molecule has 15 rings (SSSR count). The minimum atomic E-state index is -5.00. The number of carbonyl (C=O) groups excluding carboxylic acids is 9. The van der Waals surface area contributed by atoms with Crippen molar-refractivity contribution in [2.45, 2.75) is 308 Å². The van der Waals surface area contributed by atoms with Gasteiger partial charge in [0, 0.05) is 112 Å². The Labute approximate surface area is 837 Å². The van der Waals surface area contributed by atoms with E-state index in [4.69, 9.17) is 28.4 Å². The molecule has 9 heterocycles. The van der Waals surface area contributed by atoms with Gasteiger partial charge in [0.2, 0.25) is 41.3 Å². The molecule has 3 aromatic heterocycles. The van der Waals surface area contributed by atoms with Crippen molar-refractivity contribution in [3.63, 3.8) is 0 Å². The summed E-state index contributed by atoms with van der Waals surface area (Å²) >= 11 is 0. The van der Waals surface area contributed by atoms with Crippen molar-refractivity contribution in [2.75, 3.05) is 19.6 Å². The van der Waals surface area contributed by atoms with Crippen LogP contribution in [0.25, 0.3) is 33.1 Å². The van der Waals surface area contributed by atoms with Crippen LogP contribution < -0.4 is 44.4 Å². The molecular weight excluding hydrogens is 2010 g/mol. The number of carbonyl (C=O) groups is 6. The first-order valence-electron chi connectivity index (χ1n) is 45.6. The number of benzene rings is 3. The Morgan fingerprint density at radius 3 is 1.19 bits per heavy atom. The summed E-state index contributed by atoms with van der Waals surface area (Å²) in [5.74, 6) is -17.7. The minimum Gasteiger partial charge on any atom is -0.540 e. The molecule has 3 aliphatic carbocycles. The summed E-state index contributed by atoms with van der Waals surface area (Å²) in [6.07, 6.45) is -14.1. The summed E-state index contributed by atoms with van der Waals surface area (Å²) in [6, 6.07) is 2.45. The number of nitrogens with one attached hydrogen (secondary N) is 3. The molecule has 771 valence electrons. The van der Waals surface area contributed by atoms with Crippen LogP contribution in [0.1, 0.15) is 210 Å². The second-order valence-corrected chi connectivity index (χ2v) is 40.1. The molecular formula is C93H108F15N12O18V3-3. The number of hydrogen-bond acceptors (Lipinski definition) is 24. The predicted octanol–water partition coefficient (Wildman–Crippen LogP) is 17.1. The summed E-state index contributed by atoms with van der Waals surface area (Å²) in [6.45, 7) is 21.8. The minimum absolute atomic E-state index is 0. The normalized spacial score (nSPS) is 28.9. The topological polar surface area (TPSA) is 360 Å². The van der Waals surface area contributed by atoms with Crippen LogP contribution in [0.15, 0.2) is 54.6 Å². The number of nitrogens with zero attached hydrogens (tertiary/aromatic N) is 9. The van der Waals surface area contributed by atoms with Crippen LogP contribution in [0.3, 0.4) is 0 Å². The molecule has 6 aliphatic heterocycles. The van der Waals surface area contributed by atoms with Crippen LogP contribution in [0.4, 0.5) is 80.2 Å². The maximum Gasteiger partial charge on any atom is 0.573 e. The number of amides is 6. The largest absolute Gasteiger partial charge is 0.573 e. The number of ether oxygens (including phenoxy) is 9. The Hall–Kier alpha value is -9.59. The maximum absolute atomic E-state index is 15.9.